The maximum Gasteiger partial charge on any atom is 0.135 e. The first-order valence-electron chi connectivity index (χ1n) is 19.7. The van der Waals surface area contributed by atoms with Crippen molar-refractivity contribution in [3.63, 3.8) is 0 Å². The van der Waals surface area contributed by atoms with Gasteiger partial charge in [-0.1, -0.05) is 188 Å². The molecule has 0 bridgehead atoms. The van der Waals surface area contributed by atoms with Crippen LogP contribution in [0.2, 0.25) is 0 Å². The van der Waals surface area contributed by atoms with E-state index >= 15 is 0 Å². The molecule has 1 nitrogen and oxygen atoms in total. The van der Waals surface area contributed by atoms with Crippen molar-refractivity contribution >= 4 is 53.9 Å². The average molecular weight is 723 g/mol. The van der Waals surface area contributed by atoms with Crippen LogP contribution in [0.1, 0.15) is 0 Å². The minimum Gasteiger partial charge on any atom is -0.456 e. The standard InChI is InChI=1S/C56H34O/c1-3-14-35(15-4-1)38-27-28-44-46-25-13-24-45-43(32-33-51(55(45)46)57-52(44)34-38)42-30-31-49(41-21-10-9-20-40(41)42)54-48-23-12-11-22-47(48)53(37-17-5-2-6-18-37)56-39-19-8-7-16-36(39)26-29-50(54)56/h1-34H. The van der Waals surface area contributed by atoms with Gasteiger partial charge in [0.25, 0.3) is 0 Å². The van der Waals surface area contributed by atoms with Crippen molar-refractivity contribution in [1.29, 1.82) is 0 Å². The van der Waals surface area contributed by atoms with Crippen LogP contribution < -0.4 is 4.74 Å². The lowest BCUT2D eigenvalue weighted by molar-refractivity contribution is 0.487. The average Bonchev–Trinajstić information content (AvgIpc) is 3.28. The molecule has 0 unspecified atom stereocenters. The van der Waals surface area contributed by atoms with E-state index in [4.69, 9.17) is 4.74 Å². The number of hydrogen-bond donors (Lipinski definition) is 0. The van der Waals surface area contributed by atoms with Crippen molar-refractivity contribution < 1.29 is 4.74 Å². The number of fused-ring (bicyclic) bond motifs is 7. The molecule has 0 spiro atoms. The second kappa shape index (κ2) is 12.5. The largest absolute Gasteiger partial charge is 0.456 e. The fourth-order valence-electron chi connectivity index (χ4n) is 9.57. The number of hydrogen-bond acceptors (Lipinski definition) is 1. The molecule has 11 aromatic rings. The van der Waals surface area contributed by atoms with E-state index in [9.17, 15) is 0 Å². The summed E-state index contributed by atoms with van der Waals surface area (Å²) in [7, 11) is 0. The molecular formula is C56H34O. The topological polar surface area (TPSA) is 9.23 Å². The molecule has 1 aliphatic heterocycles. The highest BCUT2D eigenvalue weighted by Gasteiger charge is 2.24. The van der Waals surface area contributed by atoms with Gasteiger partial charge in [0, 0.05) is 10.9 Å². The van der Waals surface area contributed by atoms with Gasteiger partial charge in [-0.2, -0.15) is 0 Å². The molecule has 1 aliphatic rings. The molecule has 0 atom stereocenters. The van der Waals surface area contributed by atoms with Crippen LogP contribution in [0.3, 0.4) is 0 Å². The predicted octanol–water partition coefficient (Wildman–Crippen LogP) is 15.9. The SMILES string of the molecule is c1ccc(-c2ccc3c(c2)Oc2ccc(-c4ccc(-c5c6ccccc6c(-c6ccccc6)c6c5ccc5ccccc56)c5ccccc45)c4cccc-3c24)cc1. The Balaban J connectivity index is 1.10. The second-order valence-electron chi connectivity index (χ2n) is 15.1. The molecule has 12 rings (SSSR count). The molecule has 0 fully saturated rings. The van der Waals surface area contributed by atoms with Gasteiger partial charge >= 0.3 is 0 Å². The highest BCUT2D eigenvalue weighted by molar-refractivity contribution is 6.29. The predicted molar refractivity (Wildman–Crippen MR) is 241 cm³/mol. The monoisotopic (exact) mass is 722 g/mol. The summed E-state index contributed by atoms with van der Waals surface area (Å²) in [4.78, 5) is 0. The van der Waals surface area contributed by atoms with Crippen LogP contribution in [0.25, 0.3) is 109 Å². The lowest BCUT2D eigenvalue weighted by Crippen LogP contribution is -1.98. The number of benzene rings is 11. The third-order valence-corrected chi connectivity index (χ3v) is 12.1. The molecule has 1 heterocycles. The van der Waals surface area contributed by atoms with Crippen LogP contribution in [0.4, 0.5) is 0 Å². The molecule has 264 valence electrons. The summed E-state index contributed by atoms with van der Waals surface area (Å²) in [5.74, 6) is 1.79. The number of rotatable bonds is 4. The zero-order valence-corrected chi connectivity index (χ0v) is 31.0. The highest BCUT2D eigenvalue weighted by Crippen LogP contribution is 2.52. The second-order valence-corrected chi connectivity index (χ2v) is 15.1. The first-order chi connectivity index (χ1) is 28.3. The quantitative estimate of drug-likeness (QED) is 0.130. The van der Waals surface area contributed by atoms with Crippen molar-refractivity contribution in [3.8, 4) is 67.1 Å². The Hall–Kier alpha value is -7.48. The first kappa shape index (κ1) is 31.8. The minimum atomic E-state index is 0.893. The van der Waals surface area contributed by atoms with E-state index in [2.05, 4.69) is 206 Å². The van der Waals surface area contributed by atoms with Crippen molar-refractivity contribution in [3.05, 3.63) is 206 Å². The summed E-state index contributed by atoms with van der Waals surface area (Å²) in [6.45, 7) is 0. The van der Waals surface area contributed by atoms with Gasteiger partial charge in [0.15, 0.2) is 0 Å². The fraction of sp³-hybridized carbons (Fsp3) is 0. The van der Waals surface area contributed by atoms with E-state index in [1.165, 1.54) is 93.0 Å². The van der Waals surface area contributed by atoms with Gasteiger partial charge in [-0.25, -0.2) is 0 Å². The normalized spacial score (nSPS) is 12.0. The molecule has 0 saturated carbocycles. The summed E-state index contributed by atoms with van der Waals surface area (Å²) in [5, 5.41) is 12.4. The van der Waals surface area contributed by atoms with Crippen LogP contribution in [0.5, 0.6) is 11.5 Å². The van der Waals surface area contributed by atoms with E-state index in [1.807, 2.05) is 0 Å². The third kappa shape index (κ3) is 4.83. The van der Waals surface area contributed by atoms with Crippen molar-refractivity contribution in [1.82, 2.24) is 0 Å². The number of ether oxygens (including phenoxy) is 1. The van der Waals surface area contributed by atoms with E-state index < -0.39 is 0 Å². The minimum absolute atomic E-state index is 0.893. The van der Waals surface area contributed by atoms with Crippen molar-refractivity contribution in [2.45, 2.75) is 0 Å². The zero-order valence-electron chi connectivity index (χ0n) is 31.0. The van der Waals surface area contributed by atoms with Crippen LogP contribution in [-0.4, -0.2) is 0 Å². The van der Waals surface area contributed by atoms with E-state index in [1.54, 1.807) is 0 Å². The first-order valence-corrected chi connectivity index (χ1v) is 19.7. The van der Waals surface area contributed by atoms with Crippen molar-refractivity contribution in [2.24, 2.45) is 0 Å². The van der Waals surface area contributed by atoms with Gasteiger partial charge in [0.1, 0.15) is 11.5 Å². The summed E-state index contributed by atoms with van der Waals surface area (Å²) in [6.07, 6.45) is 0. The van der Waals surface area contributed by atoms with Gasteiger partial charge < -0.3 is 4.74 Å². The Morgan fingerprint density at radius 2 is 0.825 bits per heavy atom. The molecule has 0 aliphatic carbocycles. The van der Waals surface area contributed by atoms with E-state index in [0.717, 1.165) is 28.0 Å². The van der Waals surface area contributed by atoms with Crippen LogP contribution >= 0.6 is 0 Å². The molecule has 11 aromatic carbocycles. The molecule has 0 N–H and O–H groups in total. The van der Waals surface area contributed by atoms with Crippen LogP contribution in [0.15, 0.2) is 206 Å². The molecule has 0 aromatic heterocycles. The zero-order chi connectivity index (χ0) is 37.5. The van der Waals surface area contributed by atoms with Gasteiger partial charge in [0.2, 0.25) is 0 Å². The summed E-state index contributed by atoms with van der Waals surface area (Å²) in [6, 6.07) is 75.2. The molecule has 0 amide bonds. The van der Waals surface area contributed by atoms with E-state index in [0.29, 0.717) is 0 Å². The van der Waals surface area contributed by atoms with Crippen LogP contribution in [-0.2, 0) is 0 Å². The maximum absolute atomic E-state index is 6.72. The Kier molecular flexibility index (Phi) is 7.00. The molecular weight excluding hydrogens is 689 g/mol. The Morgan fingerprint density at radius 3 is 1.61 bits per heavy atom. The maximum atomic E-state index is 6.72. The van der Waals surface area contributed by atoms with Gasteiger partial charge in [-0.3, -0.25) is 0 Å². The summed E-state index contributed by atoms with van der Waals surface area (Å²) < 4.78 is 6.72. The van der Waals surface area contributed by atoms with E-state index in [-0.39, 0.29) is 0 Å². The lowest BCUT2D eigenvalue weighted by atomic mass is 9.82. The van der Waals surface area contributed by atoms with Gasteiger partial charge in [-0.15, -0.1) is 0 Å². The Labute approximate surface area is 330 Å². The fourth-order valence-corrected chi connectivity index (χ4v) is 9.57. The van der Waals surface area contributed by atoms with Crippen LogP contribution in [0, 0.1) is 0 Å². The molecule has 57 heavy (non-hydrogen) atoms. The lowest BCUT2D eigenvalue weighted by Gasteiger charge is -2.24. The molecule has 1 heteroatoms. The smallest absolute Gasteiger partial charge is 0.135 e. The molecule has 0 radical (unpaired) electrons. The third-order valence-electron chi connectivity index (χ3n) is 12.1. The van der Waals surface area contributed by atoms with Crippen molar-refractivity contribution in [2.75, 3.05) is 0 Å². The summed E-state index contributed by atoms with van der Waals surface area (Å²) in [5.41, 5.74) is 12.1. The summed E-state index contributed by atoms with van der Waals surface area (Å²) >= 11 is 0. The molecule has 0 saturated heterocycles. The van der Waals surface area contributed by atoms with Gasteiger partial charge in [0.05, 0.1) is 0 Å². The van der Waals surface area contributed by atoms with Gasteiger partial charge in [-0.05, 0) is 117 Å². The Bertz CT molecular complexity index is 3420. The Morgan fingerprint density at radius 1 is 0.246 bits per heavy atom. The highest BCUT2D eigenvalue weighted by atomic mass is 16.5.